The number of nitrogen functional groups attached to an aromatic ring is 1. The van der Waals surface area contributed by atoms with Crippen LogP contribution in [0.25, 0.3) is 22.6 Å². The quantitative estimate of drug-likeness (QED) is 0.643. The minimum atomic E-state index is -0.530. The van der Waals surface area contributed by atoms with Gasteiger partial charge in [-0.05, 0) is 24.6 Å². The van der Waals surface area contributed by atoms with E-state index in [0.717, 1.165) is 16.6 Å². The van der Waals surface area contributed by atoms with Gasteiger partial charge in [0, 0.05) is 11.1 Å². The number of ketones is 1. The zero-order valence-electron chi connectivity index (χ0n) is 15.8. The Labute approximate surface area is 162 Å². The third-order valence-corrected chi connectivity index (χ3v) is 4.14. The van der Waals surface area contributed by atoms with E-state index < -0.39 is 11.3 Å². The van der Waals surface area contributed by atoms with E-state index in [1.807, 2.05) is 25.1 Å². The lowest BCUT2D eigenvalue weighted by Crippen LogP contribution is -2.35. The molecule has 0 unspecified atom stereocenters. The molecule has 1 aromatic carbocycles. The number of hydrogen-bond acceptors (Lipinski definition) is 6. The van der Waals surface area contributed by atoms with Gasteiger partial charge in [0.15, 0.2) is 17.4 Å². The van der Waals surface area contributed by atoms with Crippen LogP contribution in [-0.2, 0) is 4.79 Å². The normalized spacial score (nSPS) is 11.6. The minimum absolute atomic E-state index is 0. The number of nitrogens with two attached hydrogens (primary N) is 1. The van der Waals surface area contributed by atoms with Crippen LogP contribution in [0.15, 0.2) is 24.4 Å². The summed E-state index contributed by atoms with van der Waals surface area (Å²) >= 11 is 0. The molecule has 2 heterocycles. The predicted octanol–water partition coefficient (Wildman–Crippen LogP) is 3.24. The van der Waals surface area contributed by atoms with E-state index in [2.05, 4.69) is 25.3 Å². The number of rotatable bonds is 4. The molecule has 0 aliphatic rings. The van der Waals surface area contributed by atoms with Crippen LogP contribution in [0.1, 0.15) is 42.5 Å². The molecule has 27 heavy (non-hydrogen) atoms. The zero-order chi connectivity index (χ0) is 19.8. The van der Waals surface area contributed by atoms with Crippen molar-refractivity contribution < 1.29 is 15.3 Å². The van der Waals surface area contributed by atoms with Gasteiger partial charge in [0.2, 0.25) is 0 Å². The first-order chi connectivity index (χ1) is 12.6. The highest BCUT2D eigenvalue weighted by atomic mass is 16.2. The Hall–Kier alpha value is -3.29. The maximum Gasteiger partial charge on any atom is 0.271 e. The first-order valence-electron chi connectivity index (χ1n) is 8.56. The van der Waals surface area contributed by atoms with Gasteiger partial charge in [-0.1, -0.05) is 26.8 Å². The number of fused-ring (bicyclic) bond motifs is 1. The average molecular weight is 374 g/mol. The second kappa shape index (κ2) is 6.79. The van der Waals surface area contributed by atoms with Crippen LogP contribution >= 0.6 is 0 Å². The molecular weight excluding hydrogens is 344 g/mol. The van der Waals surface area contributed by atoms with Crippen molar-refractivity contribution in [1.29, 1.82) is 0 Å². The number of Topliss-reactive ketones (excluding diaryl/α,β-unsaturated/α-hetero) is 1. The summed E-state index contributed by atoms with van der Waals surface area (Å²) in [5, 5.41) is 2.58. The molecule has 8 nitrogen and oxygen atoms in total. The van der Waals surface area contributed by atoms with Crippen LogP contribution in [0.4, 0.5) is 5.82 Å². The van der Waals surface area contributed by atoms with Crippen LogP contribution in [0.3, 0.4) is 0 Å². The Morgan fingerprint density at radius 2 is 2.00 bits per heavy atom. The highest BCUT2D eigenvalue weighted by Crippen LogP contribution is 2.23. The van der Waals surface area contributed by atoms with Crippen molar-refractivity contribution in [3.8, 4) is 11.5 Å². The highest BCUT2D eigenvalue weighted by molar-refractivity contribution is 5.96. The van der Waals surface area contributed by atoms with Crippen molar-refractivity contribution >= 4 is 28.5 Å². The van der Waals surface area contributed by atoms with Crippen molar-refractivity contribution in [1.82, 2.24) is 25.3 Å². The Balaban J connectivity index is 0. The number of nitrogens with zero attached hydrogens (tertiary/aromatic N) is 3. The van der Waals surface area contributed by atoms with Crippen molar-refractivity contribution in [2.24, 2.45) is 5.41 Å². The number of aryl methyl sites for hydroxylation is 1. The molecule has 0 saturated heterocycles. The van der Waals surface area contributed by atoms with Crippen LogP contribution < -0.4 is 11.1 Å². The monoisotopic (exact) mass is 374 g/mol. The Morgan fingerprint density at radius 1 is 1.26 bits per heavy atom. The highest BCUT2D eigenvalue weighted by Gasteiger charge is 2.22. The van der Waals surface area contributed by atoms with Crippen LogP contribution in [0.2, 0.25) is 0 Å². The summed E-state index contributed by atoms with van der Waals surface area (Å²) in [5.41, 5.74) is 8.46. The van der Waals surface area contributed by atoms with Gasteiger partial charge < -0.3 is 16.0 Å². The molecule has 0 radical (unpaired) electrons. The molecule has 148 valence electrons. The molecule has 0 fully saturated rings. The molecule has 0 aliphatic heterocycles. The van der Waals surface area contributed by atoms with E-state index in [1.54, 1.807) is 20.8 Å². The Kier molecular flexibility index (Phi) is 4.65. The number of nitrogens with one attached hydrogen (secondary N) is 2. The van der Waals surface area contributed by atoms with Gasteiger partial charge in [0.05, 0.1) is 23.8 Å². The van der Waals surface area contributed by atoms with Crippen molar-refractivity contribution in [3.63, 3.8) is 0 Å². The number of amides is 1. The topological polar surface area (TPSA) is 127 Å². The number of carbonyl (C=O) groups is 2. The summed E-state index contributed by atoms with van der Waals surface area (Å²) in [6.45, 7) is 7.30. The smallest absolute Gasteiger partial charge is 0.271 e. The number of H-pyrrole nitrogens is 1. The number of imidazole rings is 1. The minimum Gasteiger partial charge on any atom is -0.382 e. The lowest BCUT2D eigenvalue weighted by molar-refractivity contribution is -0.125. The van der Waals surface area contributed by atoms with E-state index >= 15 is 0 Å². The summed E-state index contributed by atoms with van der Waals surface area (Å²) in [4.78, 5) is 40.3. The predicted molar refractivity (Wildman–Crippen MR) is 112 cm³/mol. The van der Waals surface area contributed by atoms with E-state index in [4.69, 9.17) is 5.73 Å². The maximum absolute atomic E-state index is 12.4. The summed E-state index contributed by atoms with van der Waals surface area (Å²) in [6.07, 6.45) is 1.28. The second-order valence-corrected chi connectivity index (χ2v) is 7.45. The first-order valence-corrected chi connectivity index (χ1v) is 8.56. The summed E-state index contributed by atoms with van der Waals surface area (Å²) in [7, 11) is 0. The fourth-order valence-electron chi connectivity index (χ4n) is 2.43. The molecule has 0 spiro atoms. The van der Waals surface area contributed by atoms with Crippen LogP contribution in [-0.4, -0.2) is 38.2 Å². The molecule has 3 rings (SSSR count). The first kappa shape index (κ1) is 18.5. The van der Waals surface area contributed by atoms with Crippen molar-refractivity contribution in [2.45, 2.75) is 27.7 Å². The lowest BCUT2D eigenvalue weighted by atomic mass is 9.91. The van der Waals surface area contributed by atoms with Gasteiger partial charge in [-0.2, -0.15) is 0 Å². The number of aromatic amines is 1. The summed E-state index contributed by atoms with van der Waals surface area (Å²) in [6, 6.07) is 5.81. The fraction of sp³-hybridized carbons (Fsp3) is 0.316. The summed E-state index contributed by atoms with van der Waals surface area (Å²) < 4.78 is 0. The van der Waals surface area contributed by atoms with Gasteiger partial charge in [-0.3, -0.25) is 9.59 Å². The van der Waals surface area contributed by atoms with Gasteiger partial charge in [0.25, 0.3) is 5.91 Å². The Morgan fingerprint density at radius 3 is 2.70 bits per heavy atom. The molecule has 8 heteroatoms. The number of anilines is 1. The molecule has 0 saturated carbocycles. The van der Waals surface area contributed by atoms with E-state index in [1.165, 1.54) is 6.20 Å². The van der Waals surface area contributed by atoms with E-state index in [9.17, 15) is 9.59 Å². The van der Waals surface area contributed by atoms with Gasteiger partial charge in [-0.15, -0.1) is 0 Å². The summed E-state index contributed by atoms with van der Waals surface area (Å²) in [5.74, 6) is 0.0227. The third kappa shape index (κ3) is 3.94. The molecular formula is C19H30N6O2. The van der Waals surface area contributed by atoms with Crippen LogP contribution in [0.5, 0.6) is 0 Å². The van der Waals surface area contributed by atoms with E-state index in [0.29, 0.717) is 11.5 Å². The van der Waals surface area contributed by atoms with Crippen LogP contribution in [0, 0.1) is 12.3 Å². The van der Waals surface area contributed by atoms with E-state index in [-0.39, 0.29) is 29.5 Å². The number of hydrogen-bond donors (Lipinski definition) is 3. The molecule has 4 N–H and O–H groups in total. The standard InChI is InChI=1S/C19H22N6O2.4H2/c1-10-5-6-11-12(7-10)25-17(24-11)15-16(20)21-8-13(23-15)18(27)22-9-14(26)19(2,3)4;;;;/h5-8H,9H2,1-4H3,(H2,20,21)(H,22,27)(H,24,25);4*1H. The van der Waals surface area contributed by atoms with Gasteiger partial charge >= 0.3 is 0 Å². The molecule has 0 atom stereocenters. The van der Waals surface area contributed by atoms with Gasteiger partial charge in [-0.25, -0.2) is 15.0 Å². The van der Waals surface area contributed by atoms with Crippen molar-refractivity contribution in [2.75, 3.05) is 12.3 Å². The number of benzene rings is 1. The molecule has 0 aliphatic carbocycles. The molecule has 1 amide bonds. The third-order valence-electron chi connectivity index (χ3n) is 4.14. The number of aromatic nitrogens is 4. The SMILES string of the molecule is Cc1ccc2nc(-c3nc(C(=O)NCC(=O)C(C)(C)C)cnc3N)[nH]c2c1.[HH].[HH].[HH].[HH]. The Bertz CT molecular complexity index is 1050. The second-order valence-electron chi connectivity index (χ2n) is 7.45. The largest absolute Gasteiger partial charge is 0.382 e. The maximum atomic E-state index is 12.4. The van der Waals surface area contributed by atoms with Gasteiger partial charge in [0.1, 0.15) is 11.4 Å². The lowest BCUT2D eigenvalue weighted by Gasteiger charge is -2.16. The number of carbonyl (C=O) groups excluding carboxylic acids is 2. The zero-order valence-corrected chi connectivity index (χ0v) is 15.8. The molecule has 3 aromatic rings. The fourth-order valence-corrected chi connectivity index (χ4v) is 2.43. The molecule has 0 bridgehead atoms. The van der Waals surface area contributed by atoms with Crippen molar-refractivity contribution in [3.05, 3.63) is 35.7 Å². The molecule has 2 aromatic heterocycles. The average Bonchev–Trinajstić information content (AvgIpc) is 3.01.